The van der Waals surface area contributed by atoms with Gasteiger partial charge in [-0.2, -0.15) is 0 Å². The van der Waals surface area contributed by atoms with Crippen molar-refractivity contribution in [3.63, 3.8) is 0 Å². The van der Waals surface area contributed by atoms with Gasteiger partial charge in [0, 0.05) is 187 Å². The summed E-state index contributed by atoms with van der Waals surface area (Å²) in [4.78, 5) is 49.4. The second kappa shape index (κ2) is 29.3. The number of aliphatic imine (C=N–C) groups is 6. The van der Waals surface area contributed by atoms with Crippen LogP contribution in [-0.4, -0.2) is 172 Å². The van der Waals surface area contributed by atoms with Crippen molar-refractivity contribution in [3.8, 4) is 17.2 Å². The Balaban J connectivity index is 0.00000165. The number of phenolic OH excluding ortho intramolecular Hbond substituents is 3. The van der Waals surface area contributed by atoms with Gasteiger partial charge in [0.05, 0.1) is 39.3 Å². The third-order valence-corrected chi connectivity index (χ3v) is 8.59. The predicted octanol–water partition coefficient (Wildman–Crippen LogP) is 3.36. The summed E-state index contributed by atoms with van der Waals surface area (Å²) in [5.74, 6) is 0.490. The minimum absolute atomic E-state index is 0. The molecule has 0 amide bonds. The zero-order valence-electron chi connectivity index (χ0n) is 33.5. The van der Waals surface area contributed by atoms with E-state index in [9.17, 15) is 15.3 Å². The van der Waals surface area contributed by atoms with Crippen LogP contribution in [0.25, 0.3) is 0 Å². The van der Waals surface area contributed by atoms with Crippen molar-refractivity contribution in [2.45, 2.75) is 20.8 Å². The van der Waals surface area contributed by atoms with Crippen LogP contribution >= 0.6 is 0 Å². The molecular formula is C39H52N10O9Tb2+2. The van der Waals surface area contributed by atoms with Crippen LogP contribution < -0.4 is 0 Å². The van der Waals surface area contributed by atoms with Gasteiger partial charge in [-0.1, -0.05) is 0 Å². The Labute approximate surface area is 409 Å². The van der Waals surface area contributed by atoms with Crippen LogP contribution in [0.5, 0.6) is 17.2 Å². The Morgan fingerprint density at radius 2 is 0.550 bits per heavy atom. The number of phenols is 3. The maximum absolute atomic E-state index is 11.0. The fourth-order valence-electron chi connectivity index (χ4n) is 5.94. The molecule has 3 heterocycles. The van der Waals surface area contributed by atoms with E-state index >= 15 is 0 Å². The van der Waals surface area contributed by atoms with Gasteiger partial charge in [-0.25, -0.2) is 20.8 Å². The number of hydrogen-bond donors (Lipinski definition) is 7. The van der Waals surface area contributed by atoms with Crippen LogP contribution in [0.1, 0.15) is 50.1 Å². The Hall–Kier alpha value is -4.03. The first-order valence-electron chi connectivity index (χ1n) is 18.4. The molecule has 0 saturated carbocycles. The monoisotopic (exact) mass is 1120 g/mol. The average molecular weight is 1120 g/mol. The van der Waals surface area contributed by atoms with E-state index in [1.54, 1.807) is 37.3 Å². The molecule has 0 unspecified atom stereocenters. The number of fused-ring (bicyclic) bond motifs is 12. The van der Waals surface area contributed by atoms with Gasteiger partial charge in [-0.3, -0.25) is 39.8 Å². The molecule has 0 atom stereocenters. The summed E-state index contributed by atoms with van der Waals surface area (Å²) in [5.41, 5.74) is 6.98. The van der Waals surface area contributed by atoms with E-state index in [4.69, 9.17) is 30.6 Å². The van der Waals surface area contributed by atoms with Crippen molar-refractivity contribution < 1.29 is 124 Å². The third-order valence-electron chi connectivity index (χ3n) is 8.59. The van der Waals surface area contributed by atoms with Crippen molar-refractivity contribution in [3.05, 3.63) is 96.3 Å². The van der Waals surface area contributed by atoms with Gasteiger partial charge in [0.15, 0.2) is 0 Å². The van der Waals surface area contributed by atoms with E-state index < -0.39 is 10.2 Å². The minimum Gasteiger partial charge on any atom is -0.507 e. The molecule has 3 aliphatic heterocycles. The van der Waals surface area contributed by atoms with E-state index in [-0.39, 0.29) is 94.5 Å². The first-order valence-corrected chi connectivity index (χ1v) is 18.4. The van der Waals surface area contributed by atoms with Gasteiger partial charge in [-0.05, 0) is 73.9 Å². The summed E-state index contributed by atoms with van der Waals surface area (Å²) in [6, 6.07) is 11.5. The largest absolute Gasteiger partial charge is 0.507 e. The molecular weight excluding hydrogens is 1070 g/mol. The van der Waals surface area contributed by atoms with E-state index in [1.165, 1.54) is 0 Å². The number of nitrogens with zero attached hydrogens (tertiary/aromatic N) is 10. The quantitative estimate of drug-likeness (QED) is 0.161. The molecule has 3 aromatic carbocycles. The van der Waals surface area contributed by atoms with Gasteiger partial charge in [0.2, 0.25) is 0 Å². The van der Waals surface area contributed by atoms with Crippen LogP contribution in [-0.2, 0) is 0 Å². The van der Waals surface area contributed by atoms with Crippen molar-refractivity contribution in [1.82, 2.24) is 9.80 Å². The molecule has 0 spiro atoms. The van der Waals surface area contributed by atoms with Gasteiger partial charge in [0.1, 0.15) is 27.1 Å². The van der Waals surface area contributed by atoms with Gasteiger partial charge in [0.25, 0.3) is 0 Å². The predicted molar refractivity (Wildman–Crippen MR) is 221 cm³/mol. The standard InChI is InChI=1S/C39H48N8O3.2H2NO3.2Tb/c1-28-16-31-22-40-4-10-46-12-6-42-24-33-18-29(2)19-34(38(33)49)25-43-7-13-47(11-5-41-23-32(17-28)37(31)48)15-9-45-27-36-21-30(3)20-35(39(36)50)26-44-8-14-46;2*2-1(3)4;;/h16-27,48-50H,4-15H2,1-3H3;2*(H2,2,3,4);;/q;2*+1;;. The molecule has 0 saturated heterocycles. The second-order valence-corrected chi connectivity index (χ2v) is 13.3. The molecule has 19 nitrogen and oxygen atoms in total. The van der Waals surface area contributed by atoms with Crippen molar-refractivity contribution >= 4 is 37.3 Å². The normalized spacial score (nSPS) is 17.1. The molecule has 328 valence electrons. The first-order chi connectivity index (χ1) is 27.7. The molecule has 0 aliphatic carbocycles. The Morgan fingerprint density at radius 3 is 0.700 bits per heavy atom. The van der Waals surface area contributed by atoms with E-state index in [1.807, 2.05) is 57.2 Å². The fraction of sp³-hybridized carbons (Fsp3) is 0.385. The topological polar surface area (TPSA) is 262 Å². The van der Waals surface area contributed by atoms with Crippen LogP contribution in [0, 0.1) is 108 Å². The Morgan fingerprint density at radius 1 is 0.400 bits per heavy atom. The second-order valence-electron chi connectivity index (χ2n) is 13.3. The number of hydrogen-bond acceptors (Lipinski definition) is 13. The summed E-state index contributed by atoms with van der Waals surface area (Å²) >= 11 is 0. The van der Waals surface area contributed by atoms with Crippen LogP contribution in [0.4, 0.5) is 0 Å². The Bertz CT molecular complexity index is 1700. The molecule has 0 aromatic heterocycles. The maximum Gasteiger partial charge on any atom is 0.472 e. The fourth-order valence-corrected chi connectivity index (χ4v) is 5.94. The van der Waals surface area contributed by atoms with Crippen molar-refractivity contribution in [2.24, 2.45) is 30.0 Å². The molecule has 6 rings (SSSR count). The Kier molecular flexibility index (Phi) is 26.3. The van der Waals surface area contributed by atoms with E-state index in [0.717, 1.165) is 16.7 Å². The van der Waals surface area contributed by atoms with E-state index in [0.29, 0.717) is 112 Å². The summed E-state index contributed by atoms with van der Waals surface area (Å²) in [6.45, 7) is 13.0. The summed E-state index contributed by atoms with van der Waals surface area (Å²) < 4.78 is 0. The number of aryl methyl sites for hydroxylation is 3. The molecule has 0 fully saturated rings. The smallest absolute Gasteiger partial charge is 0.472 e. The molecule has 21 heteroatoms. The molecule has 7 N–H and O–H groups in total. The average Bonchev–Trinajstić information content (AvgIpc) is 3.14. The van der Waals surface area contributed by atoms with E-state index in [2.05, 4.69) is 39.8 Å². The number of rotatable bonds is 0. The molecule has 3 aliphatic rings. The SMILES string of the molecule is Cc1cc2c(O)c(c1)C=NCCN1CCN=Cc3cc(C)cc(c3O)C=NCCN(CCN=C2)CCN=Cc2cc(C)cc(c2O)C=NCC1.O=[N+](O)O.O=[N+](O)O.[Tb].[Tb]. The molecule has 60 heavy (non-hydrogen) atoms. The maximum atomic E-state index is 11.0. The summed E-state index contributed by atoms with van der Waals surface area (Å²) in [5, 5.41) is 58.2. The van der Waals surface area contributed by atoms with Crippen LogP contribution in [0.3, 0.4) is 0 Å². The number of benzene rings is 3. The zero-order valence-corrected chi connectivity index (χ0v) is 37.8. The van der Waals surface area contributed by atoms with Gasteiger partial charge >= 0.3 is 10.2 Å². The first kappa shape index (κ1) is 54.0. The van der Waals surface area contributed by atoms with Crippen LogP contribution in [0.15, 0.2) is 66.4 Å². The van der Waals surface area contributed by atoms with Crippen LogP contribution in [0.2, 0.25) is 0 Å². The molecule has 2 radical (unpaired) electrons. The molecule has 8 bridgehead atoms. The van der Waals surface area contributed by atoms with Crippen molar-refractivity contribution in [1.29, 1.82) is 0 Å². The third kappa shape index (κ3) is 20.5. The summed E-state index contributed by atoms with van der Waals surface area (Å²) in [7, 11) is 0. The number of aromatic hydroxyl groups is 3. The molecule has 3 aromatic rings. The van der Waals surface area contributed by atoms with Gasteiger partial charge < -0.3 is 15.3 Å². The zero-order chi connectivity index (χ0) is 42.5. The van der Waals surface area contributed by atoms with Crippen molar-refractivity contribution in [2.75, 3.05) is 78.5 Å². The van der Waals surface area contributed by atoms with Gasteiger partial charge in [-0.15, -0.1) is 0 Å². The summed E-state index contributed by atoms with van der Waals surface area (Å²) in [6.07, 6.45) is 10.4. The minimum atomic E-state index is -1.25.